The van der Waals surface area contributed by atoms with E-state index in [2.05, 4.69) is 47.8 Å². The molecular formula is C10H17Br3Cl2O. The summed E-state index contributed by atoms with van der Waals surface area (Å²) >= 11 is 22.9. The summed E-state index contributed by atoms with van der Waals surface area (Å²) in [6.45, 7) is 5.83. The first-order valence-electron chi connectivity index (χ1n) is 4.93. The zero-order valence-corrected chi connectivity index (χ0v) is 15.8. The van der Waals surface area contributed by atoms with Gasteiger partial charge in [0.25, 0.3) is 0 Å². The Bertz CT molecular complexity index is 219. The largest absolute Gasteiger partial charge is 0.390 e. The van der Waals surface area contributed by atoms with Gasteiger partial charge in [-0.25, -0.2) is 0 Å². The van der Waals surface area contributed by atoms with Crippen LogP contribution in [0.2, 0.25) is 0 Å². The third-order valence-corrected chi connectivity index (χ3v) is 6.83. The summed E-state index contributed by atoms with van der Waals surface area (Å²) in [5.74, 6) is 0. The van der Waals surface area contributed by atoms with E-state index >= 15 is 0 Å². The Hall–Kier alpha value is 1.98. The lowest BCUT2D eigenvalue weighted by molar-refractivity contribution is 0.153. The Labute approximate surface area is 133 Å². The van der Waals surface area contributed by atoms with Crippen molar-refractivity contribution in [1.82, 2.24) is 0 Å². The Balaban J connectivity index is 4.52. The molecule has 0 aromatic rings. The van der Waals surface area contributed by atoms with Gasteiger partial charge in [-0.15, -0.1) is 23.2 Å². The number of rotatable bonds is 6. The van der Waals surface area contributed by atoms with Crippen molar-refractivity contribution in [3.63, 3.8) is 0 Å². The molecule has 6 heteroatoms. The van der Waals surface area contributed by atoms with Gasteiger partial charge in [0.15, 0.2) is 0 Å². The number of halogens is 5. The predicted octanol–water partition coefficient (Wildman–Crippen LogP) is 4.67. The Morgan fingerprint density at radius 3 is 2.06 bits per heavy atom. The first kappa shape index (κ1) is 18.0. The number of aliphatic hydroxyl groups excluding tert-OH is 1. The standard InChI is InChI=1S/C10H17Br3Cl2O/c1-9(2,13)7(14)4-6(12)10(3,15)8(16)5-11/h6-8,16H,4-5H2,1-3H3/t6-,7+,8+,10+/m0/s1. The molecule has 0 rings (SSSR count). The van der Waals surface area contributed by atoms with Gasteiger partial charge >= 0.3 is 0 Å². The third-order valence-electron chi connectivity index (χ3n) is 2.57. The van der Waals surface area contributed by atoms with Gasteiger partial charge < -0.3 is 5.11 Å². The summed E-state index contributed by atoms with van der Waals surface area (Å²) in [5.41, 5.74) is 0. The van der Waals surface area contributed by atoms with Crippen molar-refractivity contribution in [2.45, 2.75) is 52.7 Å². The zero-order chi connectivity index (χ0) is 13.1. The fourth-order valence-electron chi connectivity index (χ4n) is 1.05. The quantitative estimate of drug-likeness (QED) is 0.567. The molecule has 0 spiro atoms. The second-order valence-electron chi connectivity index (χ2n) is 4.56. The normalized spacial score (nSPS) is 22.3. The molecule has 0 fully saturated rings. The topological polar surface area (TPSA) is 20.2 Å². The van der Waals surface area contributed by atoms with Gasteiger partial charge in [0.1, 0.15) is 0 Å². The van der Waals surface area contributed by atoms with Crippen molar-refractivity contribution in [1.29, 1.82) is 0 Å². The van der Waals surface area contributed by atoms with E-state index in [1.54, 1.807) is 0 Å². The molecule has 0 amide bonds. The summed E-state index contributed by atoms with van der Waals surface area (Å²) in [6, 6.07) is 0. The smallest absolute Gasteiger partial charge is 0.0836 e. The van der Waals surface area contributed by atoms with Crippen LogP contribution in [-0.4, -0.2) is 35.9 Å². The van der Waals surface area contributed by atoms with Gasteiger partial charge in [-0.3, -0.25) is 0 Å². The Kier molecular flexibility index (Phi) is 7.81. The van der Waals surface area contributed by atoms with Crippen LogP contribution in [0.1, 0.15) is 27.2 Å². The lowest BCUT2D eigenvalue weighted by atomic mass is 9.94. The zero-order valence-electron chi connectivity index (χ0n) is 9.48. The van der Waals surface area contributed by atoms with E-state index in [0.29, 0.717) is 11.8 Å². The average Bonchev–Trinajstić information content (AvgIpc) is 2.14. The molecule has 0 bridgehead atoms. The molecule has 0 radical (unpaired) electrons. The van der Waals surface area contributed by atoms with Crippen LogP contribution in [0.3, 0.4) is 0 Å². The van der Waals surface area contributed by atoms with Gasteiger partial charge in [-0.05, 0) is 27.2 Å². The Morgan fingerprint density at radius 2 is 1.75 bits per heavy atom. The summed E-state index contributed by atoms with van der Waals surface area (Å²) in [6.07, 6.45) is 0.0463. The van der Waals surface area contributed by atoms with Gasteiger partial charge in [0.2, 0.25) is 0 Å². The van der Waals surface area contributed by atoms with Crippen molar-refractivity contribution in [3.05, 3.63) is 0 Å². The second-order valence-corrected chi connectivity index (χ2v) is 9.69. The minimum absolute atomic E-state index is 0.0615. The lowest BCUT2D eigenvalue weighted by Crippen LogP contribution is -2.45. The molecule has 0 saturated heterocycles. The average molecular weight is 464 g/mol. The molecule has 0 unspecified atom stereocenters. The van der Waals surface area contributed by atoms with Crippen molar-refractivity contribution in [2.75, 3.05) is 5.33 Å². The number of hydrogen-bond acceptors (Lipinski definition) is 1. The minimum Gasteiger partial charge on any atom is -0.390 e. The second kappa shape index (κ2) is 6.95. The molecule has 0 aliphatic carbocycles. The Morgan fingerprint density at radius 1 is 1.31 bits per heavy atom. The first-order chi connectivity index (χ1) is 7.03. The maximum Gasteiger partial charge on any atom is 0.0836 e. The van der Waals surface area contributed by atoms with E-state index in [-0.39, 0.29) is 14.5 Å². The van der Waals surface area contributed by atoms with Crippen LogP contribution in [0.25, 0.3) is 0 Å². The summed E-state index contributed by atoms with van der Waals surface area (Å²) in [5, 5.41) is 10.2. The fourth-order valence-corrected chi connectivity index (χ4v) is 3.34. The van der Waals surface area contributed by atoms with Crippen molar-refractivity contribution in [2.24, 2.45) is 0 Å². The molecule has 16 heavy (non-hydrogen) atoms. The molecule has 98 valence electrons. The molecule has 1 N–H and O–H groups in total. The van der Waals surface area contributed by atoms with E-state index in [9.17, 15) is 5.11 Å². The van der Waals surface area contributed by atoms with Gasteiger partial charge in [-0.1, -0.05) is 47.8 Å². The minimum atomic E-state index is -0.741. The number of alkyl halides is 5. The highest BCUT2D eigenvalue weighted by atomic mass is 79.9. The van der Waals surface area contributed by atoms with Crippen LogP contribution in [-0.2, 0) is 0 Å². The van der Waals surface area contributed by atoms with E-state index in [4.69, 9.17) is 23.2 Å². The molecule has 1 nitrogen and oxygen atoms in total. The van der Waals surface area contributed by atoms with Crippen LogP contribution in [0.5, 0.6) is 0 Å². The molecule has 0 heterocycles. The summed E-state index contributed by atoms with van der Waals surface area (Å²) < 4.78 is -0.160. The van der Waals surface area contributed by atoms with Gasteiger partial charge in [0.05, 0.1) is 11.0 Å². The summed E-state index contributed by atoms with van der Waals surface area (Å²) in [7, 11) is 0. The highest BCUT2D eigenvalue weighted by Crippen LogP contribution is 2.38. The number of hydrogen-bond donors (Lipinski definition) is 1. The SMILES string of the molecule is CC(C)(Br)[C@H](Cl)C[C@H](Br)[C@@](C)(Cl)[C@H](O)CBr. The molecule has 0 saturated carbocycles. The molecule has 0 aromatic carbocycles. The molecule has 0 aliphatic heterocycles. The van der Waals surface area contributed by atoms with Crippen molar-refractivity contribution in [3.8, 4) is 0 Å². The van der Waals surface area contributed by atoms with Gasteiger partial charge in [0, 0.05) is 19.9 Å². The maximum atomic E-state index is 9.81. The maximum absolute atomic E-state index is 9.81. The van der Waals surface area contributed by atoms with Gasteiger partial charge in [-0.2, -0.15) is 0 Å². The van der Waals surface area contributed by atoms with E-state index in [1.807, 2.05) is 20.8 Å². The predicted molar refractivity (Wildman–Crippen MR) is 84.0 cm³/mol. The van der Waals surface area contributed by atoms with Crippen LogP contribution in [0.4, 0.5) is 0 Å². The molecule has 0 aliphatic rings. The van der Waals surface area contributed by atoms with E-state index in [0.717, 1.165) is 0 Å². The van der Waals surface area contributed by atoms with Crippen molar-refractivity contribution >= 4 is 71.0 Å². The van der Waals surface area contributed by atoms with Crippen molar-refractivity contribution < 1.29 is 5.11 Å². The van der Waals surface area contributed by atoms with Crippen LogP contribution in [0.15, 0.2) is 0 Å². The first-order valence-corrected chi connectivity index (χ1v) is 8.58. The number of aliphatic hydroxyl groups is 1. The molecule has 0 aromatic heterocycles. The molecule has 4 atom stereocenters. The van der Waals surface area contributed by atoms with Crippen LogP contribution < -0.4 is 0 Å². The third kappa shape index (κ3) is 5.31. The monoisotopic (exact) mass is 460 g/mol. The highest BCUT2D eigenvalue weighted by molar-refractivity contribution is 9.10. The highest BCUT2D eigenvalue weighted by Gasteiger charge is 2.40. The van der Waals surface area contributed by atoms with E-state index < -0.39 is 11.0 Å². The van der Waals surface area contributed by atoms with E-state index in [1.165, 1.54) is 0 Å². The lowest BCUT2D eigenvalue weighted by Gasteiger charge is -2.35. The van der Waals surface area contributed by atoms with Crippen LogP contribution >= 0.6 is 71.0 Å². The molecular weight excluding hydrogens is 447 g/mol. The van der Waals surface area contributed by atoms with Crippen LogP contribution in [0, 0.1) is 0 Å². The fraction of sp³-hybridized carbons (Fsp3) is 1.00. The summed E-state index contributed by atoms with van der Waals surface area (Å²) in [4.78, 5) is -0.803.